The van der Waals surface area contributed by atoms with Crippen LogP contribution in [0, 0.1) is 55.4 Å². The van der Waals surface area contributed by atoms with E-state index in [0.29, 0.717) is 0 Å². The lowest BCUT2D eigenvalue weighted by Crippen LogP contribution is -1.94. The lowest BCUT2D eigenvalue weighted by atomic mass is 9.84. The van der Waals surface area contributed by atoms with Gasteiger partial charge in [0.05, 0.1) is 0 Å². The molecule has 0 fully saturated rings. The summed E-state index contributed by atoms with van der Waals surface area (Å²) in [5.41, 5.74) is 29.1. The molecule has 0 spiro atoms. The first kappa shape index (κ1) is 71.8. The third-order valence-electron chi connectivity index (χ3n) is 23.8. The minimum Gasteiger partial charge on any atom is -0.0622 e. The summed E-state index contributed by atoms with van der Waals surface area (Å²) in [6.45, 7) is 17.7. The summed E-state index contributed by atoms with van der Waals surface area (Å²) in [6, 6.07) is 141. The average Bonchev–Trinajstić information content (AvgIpc) is 0.762. The Kier molecular flexibility index (Phi) is 19.4. The molecule has 0 radical (unpaired) electrons. The Morgan fingerprint density at radius 2 is 0.386 bits per heavy atom. The van der Waals surface area contributed by atoms with E-state index in [0.717, 1.165) is 0 Å². The van der Waals surface area contributed by atoms with Crippen molar-refractivity contribution in [3.05, 3.63) is 433 Å². The van der Waals surface area contributed by atoms with Gasteiger partial charge in [-0.3, -0.25) is 0 Å². The fourth-order valence-corrected chi connectivity index (χ4v) is 18.0. The first-order valence-electron chi connectivity index (χ1n) is 40.0. The van der Waals surface area contributed by atoms with Crippen molar-refractivity contribution in [1.82, 2.24) is 0 Å². The maximum atomic E-state index is 2.36. The Morgan fingerprint density at radius 3 is 0.798 bits per heavy atom. The molecular weight excluding hydrogens is 1370 g/mol. The second-order valence-corrected chi connectivity index (χ2v) is 30.8. The number of hydrogen-bond donors (Lipinski definition) is 0. The third-order valence-corrected chi connectivity index (χ3v) is 23.8. The van der Waals surface area contributed by atoms with Crippen LogP contribution in [0.3, 0.4) is 0 Å². The van der Waals surface area contributed by atoms with Crippen molar-refractivity contribution in [2.24, 2.45) is 0 Å². The Hall–Kier alpha value is -13.8. The van der Waals surface area contributed by atoms with E-state index in [-0.39, 0.29) is 0 Å². The Labute approximate surface area is 669 Å². The molecule has 0 heteroatoms. The zero-order valence-corrected chi connectivity index (χ0v) is 66.0. The SMILES string of the molecule is Cc1cc(C)c(-c2c3ccccc3c(-c3ccccc3)c3ccccc23)cc1C.Cc1cc(C)c(-c2c3ccccc3cc3ccccc23)cc1C.Cc1ccccc1-c1c2ccccc2c(-c2ccc3ccccc3c2)c2ccccc12.Cc1ccccc1-c1c2ccccc2c(-c2cccc3ccccc23)c2ccccc12. The van der Waals surface area contributed by atoms with Gasteiger partial charge >= 0.3 is 0 Å². The Bertz CT molecular complexity index is 7070. The van der Waals surface area contributed by atoms with Crippen LogP contribution in [0.5, 0.6) is 0 Å². The van der Waals surface area contributed by atoms with Crippen molar-refractivity contribution in [3.63, 3.8) is 0 Å². The molecule has 21 rings (SSSR count). The van der Waals surface area contributed by atoms with E-state index in [1.165, 1.54) is 230 Å². The third kappa shape index (κ3) is 13.2. The maximum Gasteiger partial charge on any atom is -0.00201 e. The van der Waals surface area contributed by atoms with E-state index in [4.69, 9.17) is 0 Å². The highest BCUT2D eigenvalue weighted by Gasteiger charge is 2.23. The molecule has 0 atom stereocenters. The van der Waals surface area contributed by atoms with Crippen molar-refractivity contribution >= 4 is 108 Å². The van der Waals surface area contributed by atoms with Crippen molar-refractivity contribution in [3.8, 4) is 77.9 Å². The van der Waals surface area contributed by atoms with Crippen LogP contribution >= 0.6 is 0 Å². The predicted molar refractivity (Wildman–Crippen MR) is 497 cm³/mol. The number of aryl methyl sites for hydroxylation is 8. The smallest absolute Gasteiger partial charge is 0.00201 e. The van der Waals surface area contributed by atoms with Crippen LogP contribution in [0.4, 0.5) is 0 Å². The highest BCUT2D eigenvalue weighted by atomic mass is 14.3. The fourth-order valence-electron chi connectivity index (χ4n) is 18.0. The summed E-state index contributed by atoms with van der Waals surface area (Å²) in [5.74, 6) is 0. The van der Waals surface area contributed by atoms with Crippen LogP contribution in [-0.2, 0) is 0 Å². The van der Waals surface area contributed by atoms with Gasteiger partial charge < -0.3 is 0 Å². The van der Waals surface area contributed by atoms with Crippen molar-refractivity contribution in [2.75, 3.05) is 0 Å². The second kappa shape index (κ2) is 30.8. The largest absolute Gasteiger partial charge is 0.0622 e. The molecule has 0 aliphatic heterocycles. The van der Waals surface area contributed by atoms with E-state index in [1.807, 2.05) is 0 Å². The van der Waals surface area contributed by atoms with E-state index < -0.39 is 0 Å². The monoisotopic (exact) mass is 1460 g/mol. The molecule has 0 N–H and O–H groups in total. The number of rotatable bonds is 7. The summed E-state index contributed by atoms with van der Waals surface area (Å²) in [6.07, 6.45) is 0. The summed E-state index contributed by atoms with van der Waals surface area (Å²) >= 11 is 0. The van der Waals surface area contributed by atoms with Crippen molar-refractivity contribution < 1.29 is 0 Å². The molecule has 0 saturated heterocycles. The molecule has 544 valence electrons. The molecule has 21 aromatic carbocycles. The van der Waals surface area contributed by atoms with Crippen LogP contribution in [0.1, 0.15) is 44.5 Å². The molecule has 114 heavy (non-hydrogen) atoms. The number of benzene rings is 21. The van der Waals surface area contributed by atoms with Crippen LogP contribution < -0.4 is 0 Å². The van der Waals surface area contributed by atoms with Crippen LogP contribution in [0.15, 0.2) is 388 Å². The van der Waals surface area contributed by atoms with E-state index in [2.05, 4.69) is 444 Å². The van der Waals surface area contributed by atoms with Gasteiger partial charge in [-0.25, -0.2) is 0 Å². The van der Waals surface area contributed by atoms with Gasteiger partial charge in [-0.2, -0.15) is 0 Å². The average molecular weight is 1460 g/mol. The lowest BCUT2D eigenvalue weighted by Gasteiger charge is -2.19. The van der Waals surface area contributed by atoms with Gasteiger partial charge in [-0.15, -0.1) is 0 Å². The number of hydrogen-bond acceptors (Lipinski definition) is 0. The quantitative estimate of drug-likeness (QED) is 0.140. The molecule has 0 unspecified atom stereocenters. The van der Waals surface area contributed by atoms with Crippen LogP contribution in [-0.4, -0.2) is 0 Å². The van der Waals surface area contributed by atoms with Crippen molar-refractivity contribution in [1.29, 1.82) is 0 Å². The maximum absolute atomic E-state index is 2.36. The molecule has 0 aliphatic carbocycles. The van der Waals surface area contributed by atoms with Gasteiger partial charge in [0.15, 0.2) is 0 Å². The minimum absolute atomic E-state index is 1.27. The highest BCUT2D eigenvalue weighted by Crippen LogP contribution is 2.50. The van der Waals surface area contributed by atoms with E-state index in [9.17, 15) is 0 Å². The molecule has 0 nitrogen and oxygen atoms in total. The van der Waals surface area contributed by atoms with Gasteiger partial charge in [-0.1, -0.05) is 376 Å². The zero-order valence-electron chi connectivity index (χ0n) is 66.0. The lowest BCUT2D eigenvalue weighted by molar-refractivity contribution is 1.30. The highest BCUT2D eigenvalue weighted by molar-refractivity contribution is 6.26. The summed E-state index contributed by atoms with van der Waals surface area (Å²) in [7, 11) is 0. The van der Waals surface area contributed by atoms with E-state index in [1.54, 1.807) is 0 Å². The zero-order chi connectivity index (χ0) is 77.5. The topological polar surface area (TPSA) is 0 Å². The fraction of sp³-hybridized carbons (Fsp3) is 0.0702. The van der Waals surface area contributed by atoms with Gasteiger partial charge in [0.1, 0.15) is 0 Å². The first-order valence-corrected chi connectivity index (χ1v) is 40.0. The Morgan fingerprint density at radius 1 is 0.114 bits per heavy atom. The van der Waals surface area contributed by atoms with Gasteiger partial charge in [-0.05, 0) is 298 Å². The minimum atomic E-state index is 1.27. The standard InChI is InChI=1S/2C31H22.C29H24.C23H20/c1-21-10-2-5-13-25(21)31-28-16-8-6-14-26(28)30(27-15-7-9-17-29(27)31)24-19-18-22-11-3-4-12-23(22)20-24;1-21-11-2-4-14-23(21)30-26-16-6-8-18-28(26)31(29-19-9-7-17-27(29)30)25-20-10-13-22-12-3-5-15-24(22)25;1-19-17-21(3)27(18-20(19)2)29-25-15-9-7-13-23(25)28(22-11-5-4-6-12-22)24-14-8-10-16-26(24)29;1-15-12-17(3)22(13-16(15)2)23-20-10-6-4-8-18(20)14-19-9-5-7-11-21(19)23/h2*2-20H,1H3;4-18H,1-3H3;4-14H,1-3H3. The molecule has 0 bridgehead atoms. The summed E-state index contributed by atoms with van der Waals surface area (Å²) in [5, 5.41) is 26.1. The van der Waals surface area contributed by atoms with E-state index >= 15 is 0 Å². The van der Waals surface area contributed by atoms with Crippen LogP contribution in [0.2, 0.25) is 0 Å². The molecule has 0 heterocycles. The van der Waals surface area contributed by atoms with Gasteiger partial charge in [0.2, 0.25) is 0 Å². The summed E-state index contributed by atoms with van der Waals surface area (Å²) < 4.78 is 0. The van der Waals surface area contributed by atoms with Crippen LogP contribution in [0.25, 0.3) is 186 Å². The molecule has 0 amide bonds. The van der Waals surface area contributed by atoms with Crippen molar-refractivity contribution in [2.45, 2.75) is 55.4 Å². The number of fused-ring (bicyclic) bond motifs is 10. The second-order valence-electron chi connectivity index (χ2n) is 30.8. The predicted octanol–water partition coefficient (Wildman–Crippen LogP) is 32.4. The molecule has 21 aromatic rings. The first-order chi connectivity index (χ1) is 55.9. The normalized spacial score (nSPS) is 11.3. The summed E-state index contributed by atoms with van der Waals surface area (Å²) in [4.78, 5) is 0. The van der Waals surface area contributed by atoms with Gasteiger partial charge in [0, 0.05) is 0 Å². The molecular formula is C114H88. The van der Waals surface area contributed by atoms with Gasteiger partial charge in [0.25, 0.3) is 0 Å². The molecule has 0 aliphatic rings. The Balaban J connectivity index is 0.000000106. The molecule has 0 aromatic heterocycles. The molecule has 0 saturated carbocycles.